The summed E-state index contributed by atoms with van der Waals surface area (Å²) in [5.41, 5.74) is 0.944. The zero-order valence-corrected chi connectivity index (χ0v) is 18.4. The topological polar surface area (TPSA) is 120 Å². The predicted octanol–water partition coefficient (Wildman–Crippen LogP) is 3.46. The Hall–Kier alpha value is -3.57. The number of thiophene rings is 1. The number of carbonyl (C=O) groups is 2. The maximum absolute atomic E-state index is 12.4. The van der Waals surface area contributed by atoms with E-state index in [2.05, 4.69) is 10.0 Å². The van der Waals surface area contributed by atoms with Gasteiger partial charge in [0.2, 0.25) is 6.79 Å². The lowest BCUT2D eigenvalue weighted by atomic mass is 10.2. The maximum Gasteiger partial charge on any atom is 0.338 e. The Morgan fingerprint density at radius 3 is 2.47 bits per heavy atom. The number of esters is 1. The second kappa shape index (κ2) is 8.89. The molecule has 11 heteroatoms. The van der Waals surface area contributed by atoms with Crippen LogP contribution in [0.3, 0.4) is 0 Å². The number of hydrogen-bond donors (Lipinski definition) is 2. The molecule has 3 aromatic rings. The van der Waals surface area contributed by atoms with Crippen molar-refractivity contribution in [3.63, 3.8) is 0 Å². The number of amides is 1. The summed E-state index contributed by atoms with van der Waals surface area (Å²) in [7, 11) is -3.68. The van der Waals surface area contributed by atoms with Crippen molar-refractivity contribution in [2.45, 2.75) is 17.2 Å². The normalized spacial score (nSPS) is 13.3. The highest BCUT2D eigenvalue weighted by atomic mass is 32.2. The van der Waals surface area contributed by atoms with Crippen LogP contribution >= 0.6 is 11.3 Å². The van der Waals surface area contributed by atoms with Gasteiger partial charge in [-0.3, -0.25) is 9.52 Å². The largest absolute Gasteiger partial charge is 0.454 e. The van der Waals surface area contributed by atoms with Gasteiger partial charge in [0.25, 0.3) is 15.9 Å². The Labute approximate surface area is 188 Å². The quantitative estimate of drug-likeness (QED) is 0.503. The lowest BCUT2D eigenvalue weighted by Gasteiger charge is -2.14. The molecule has 0 aliphatic carbocycles. The molecule has 1 aliphatic rings. The van der Waals surface area contributed by atoms with Gasteiger partial charge in [-0.15, -0.1) is 11.3 Å². The van der Waals surface area contributed by atoms with Crippen LogP contribution in [-0.2, 0) is 19.6 Å². The highest BCUT2D eigenvalue weighted by Gasteiger charge is 2.21. The van der Waals surface area contributed by atoms with E-state index < -0.39 is 28.0 Å². The van der Waals surface area contributed by atoms with Crippen LogP contribution in [0.1, 0.15) is 17.3 Å². The lowest BCUT2D eigenvalue weighted by molar-refractivity contribution is -0.123. The van der Waals surface area contributed by atoms with Crippen LogP contribution in [0.4, 0.5) is 11.4 Å². The summed E-state index contributed by atoms with van der Waals surface area (Å²) >= 11 is 1.10. The van der Waals surface area contributed by atoms with Gasteiger partial charge >= 0.3 is 5.97 Å². The molecule has 1 aliphatic heterocycles. The molecule has 1 aromatic heterocycles. The third kappa shape index (κ3) is 4.84. The monoisotopic (exact) mass is 474 g/mol. The molecular weight excluding hydrogens is 456 g/mol. The number of rotatable bonds is 7. The van der Waals surface area contributed by atoms with Crippen LogP contribution in [-0.4, -0.2) is 33.2 Å². The molecule has 2 N–H and O–H groups in total. The molecule has 0 unspecified atom stereocenters. The number of carbonyl (C=O) groups excluding carboxylic acids is 2. The molecule has 9 nitrogen and oxygen atoms in total. The molecule has 166 valence electrons. The first-order valence-corrected chi connectivity index (χ1v) is 11.8. The molecule has 0 saturated carbocycles. The van der Waals surface area contributed by atoms with E-state index in [4.69, 9.17) is 14.2 Å². The second-order valence-corrected chi connectivity index (χ2v) is 9.58. The van der Waals surface area contributed by atoms with E-state index in [0.717, 1.165) is 11.3 Å². The minimum Gasteiger partial charge on any atom is -0.454 e. The van der Waals surface area contributed by atoms with Crippen molar-refractivity contribution in [1.82, 2.24) is 0 Å². The third-order valence-corrected chi connectivity index (χ3v) is 7.20. The Bertz CT molecular complexity index is 1240. The van der Waals surface area contributed by atoms with E-state index in [0.29, 0.717) is 22.9 Å². The number of nitrogens with one attached hydrogen (secondary N) is 2. The summed E-state index contributed by atoms with van der Waals surface area (Å²) in [5, 5.41) is 4.31. The Morgan fingerprint density at radius 2 is 1.75 bits per heavy atom. The lowest BCUT2D eigenvalue weighted by Crippen LogP contribution is -2.30. The predicted molar refractivity (Wildman–Crippen MR) is 118 cm³/mol. The van der Waals surface area contributed by atoms with Crippen LogP contribution in [0.2, 0.25) is 0 Å². The van der Waals surface area contributed by atoms with Crippen molar-refractivity contribution in [3.8, 4) is 11.5 Å². The minimum absolute atomic E-state index is 0.120. The smallest absolute Gasteiger partial charge is 0.338 e. The van der Waals surface area contributed by atoms with E-state index in [1.807, 2.05) is 0 Å². The van der Waals surface area contributed by atoms with Crippen molar-refractivity contribution in [2.24, 2.45) is 0 Å². The SMILES string of the molecule is C[C@@H](OC(=O)c1ccc(NS(=O)(=O)c2cccs2)cc1)C(=O)Nc1ccc2c(c1)OCO2. The molecule has 0 saturated heterocycles. The number of sulfonamides is 1. The van der Waals surface area contributed by atoms with Crippen LogP contribution in [0.5, 0.6) is 11.5 Å². The zero-order valence-electron chi connectivity index (χ0n) is 16.7. The van der Waals surface area contributed by atoms with Gasteiger partial charge in [0.05, 0.1) is 5.56 Å². The molecule has 1 amide bonds. The fraction of sp³-hybridized carbons (Fsp3) is 0.143. The van der Waals surface area contributed by atoms with Crippen LogP contribution in [0.25, 0.3) is 0 Å². The molecule has 4 rings (SSSR count). The van der Waals surface area contributed by atoms with Crippen molar-refractivity contribution < 1.29 is 32.2 Å². The van der Waals surface area contributed by atoms with E-state index in [9.17, 15) is 18.0 Å². The molecule has 32 heavy (non-hydrogen) atoms. The second-order valence-electron chi connectivity index (χ2n) is 6.72. The first-order chi connectivity index (χ1) is 15.3. The fourth-order valence-corrected chi connectivity index (χ4v) is 4.85. The van der Waals surface area contributed by atoms with Gasteiger partial charge in [-0.25, -0.2) is 13.2 Å². The van der Waals surface area contributed by atoms with Gasteiger partial charge in [0.1, 0.15) is 4.21 Å². The molecule has 0 radical (unpaired) electrons. The molecule has 2 heterocycles. The fourth-order valence-electron chi connectivity index (χ4n) is 2.80. The van der Waals surface area contributed by atoms with Crippen molar-refractivity contribution in [2.75, 3.05) is 16.8 Å². The van der Waals surface area contributed by atoms with Crippen molar-refractivity contribution in [1.29, 1.82) is 0 Å². The van der Waals surface area contributed by atoms with Crippen LogP contribution < -0.4 is 19.5 Å². The zero-order chi connectivity index (χ0) is 22.7. The standard InChI is InChI=1S/C21H18N2O7S2/c1-13(20(24)22-16-8-9-17-18(11-16)29-12-28-17)30-21(25)14-4-6-15(7-5-14)23-32(26,27)19-3-2-10-31-19/h2-11,13,23H,12H2,1H3,(H,22,24)/t13-/m1/s1. The number of benzene rings is 2. The third-order valence-electron chi connectivity index (χ3n) is 4.43. The molecule has 0 spiro atoms. The van der Waals surface area contributed by atoms with Gasteiger partial charge in [0.15, 0.2) is 17.6 Å². The van der Waals surface area contributed by atoms with Gasteiger partial charge in [-0.05, 0) is 54.8 Å². The number of hydrogen-bond acceptors (Lipinski definition) is 8. The van der Waals surface area contributed by atoms with Gasteiger partial charge < -0.3 is 19.5 Å². The van der Waals surface area contributed by atoms with Gasteiger partial charge in [-0.1, -0.05) is 6.07 Å². The summed E-state index contributed by atoms with van der Waals surface area (Å²) in [5.74, 6) is -0.130. The number of anilines is 2. The van der Waals surface area contributed by atoms with E-state index >= 15 is 0 Å². The van der Waals surface area contributed by atoms with E-state index in [1.165, 1.54) is 37.3 Å². The summed E-state index contributed by atoms with van der Waals surface area (Å²) in [6.45, 7) is 1.57. The molecule has 2 aromatic carbocycles. The van der Waals surface area contributed by atoms with Crippen molar-refractivity contribution >= 4 is 44.6 Å². The van der Waals surface area contributed by atoms with Crippen LogP contribution in [0, 0.1) is 0 Å². The summed E-state index contributed by atoms with van der Waals surface area (Å²) in [4.78, 5) is 24.7. The van der Waals surface area contributed by atoms with Crippen molar-refractivity contribution in [3.05, 3.63) is 65.5 Å². The average Bonchev–Trinajstić information content (AvgIpc) is 3.46. The van der Waals surface area contributed by atoms with Gasteiger partial charge in [-0.2, -0.15) is 0 Å². The Morgan fingerprint density at radius 1 is 1.03 bits per heavy atom. The van der Waals surface area contributed by atoms with E-state index in [1.54, 1.807) is 29.6 Å². The first kappa shape index (κ1) is 21.7. The Balaban J connectivity index is 1.34. The average molecular weight is 475 g/mol. The molecular formula is C21H18N2O7S2. The first-order valence-electron chi connectivity index (χ1n) is 9.40. The molecule has 1 atom stereocenters. The Kier molecular flexibility index (Phi) is 6.01. The minimum atomic E-state index is -3.68. The highest BCUT2D eigenvalue weighted by molar-refractivity contribution is 7.94. The number of fused-ring (bicyclic) bond motifs is 1. The summed E-state index contributed by atoms with van der Waals surface area (Å²) in [6, 6.07) is 13.8. The van der Waals surface area contributed by atoms with E-state index in [-0.39, 0.29) is 16.6 Å². The summed E-state index contributed by atoms with van der Waals surface area (Å²) < 4.78 is 42.8. The molecule has 0 bridgehead atoms. The number of ether oxygens (including phenoxy) is 3. The van der Waals surface area contributed by atoms with Crippen LogP contribution in [0.15, 0.2) is 64.2 Å². The highest BCUT2D eigenvalue weighted by Crippen LogP contribution is 2.34. The van der Waals surface area contributed by atoms with Gasteiger partial charge in [0, 0.05) is 17.4 Å². The summed E-state index contributed by atoms with van der Waals surface area (Å²) in [6.07, 6.45) is -1.06. The molecule has 0 fully saturated rings. The maximum atomic E-state index is 12.4.